The third kappa shape index (κ3) is 7.12. The lowest BCUT2D eigenvalue weighted by Crippen LogP contribution is -2.19. The van der Waals surface area contributed by atoms with Crippen molar-refractivity contribution in [3.05, 3.63) is 77.0 Å². The molecule has 0 bridgehead atoms. The van der Waals surface area contributed by atoms with Crippen molar-refractivity contribution in [2.24, 2.45) is 0 Å². The summed E-state index contributed by atoms with van der Waals surface area (Å²) in [5.41, 5.74) is -0.461. The minimum absolute atomic E-state index is 0.187. The molecule has 0 saturated carbocycles. The molecule has 0 fully saturated rings. The van der Waals surface area contributed by atoms with E-state index in [4.69, 9.17) is 0 Å². The van der Waals surface area contributed by atoms with Gasteiger partial charge in [0.1, 0.15) is 16.6 Å². The van der Waals surface area contributed by atoms with Crippen LogP contribution in [0.25, 0.3) is 0 Å². The van der Waals surface area contributed by atoms with Gasteiger partial charge in [0, 0.05) is 24.7 Å². The maximum atomic E-state index is 13.5. The first-order valence-corrected chi connectivity index (χ1v) is 12.4. The summed E-state index contributed by atoms with van der Waals surface area (Å²) in [6, 6.07) is 11.0. The van der Waals surface area contributed by atoms with Crippen LogP contribution in [0.3, 0.4) is 0 Å². The summed E-state index contributed by atoms with van der Waals surface area (Å²) in [4.78, 5) is 19.1. The van der Waals surface area contributed by atoms with Crippen molar-refractivity contribution in [2.75, 3.05) is 24.0 Å². The fraction of sp³-hybridized carbons (Fsp3) is 0.261. The lowest BCUT2D eigenvalue weighted by atomic mass is 10.1. The molecule has 0 amide bonds. The number of hydrogen-bond donors (Lipinski definition) is 2. The van der Waals surface area contributed by atoms with Crippen molar-refractivity contribution in [3.63, 3.8) is 0 Å². The van der Waals surface area contributed by atoms with Crippen LogP contribution in [0, 0.1) is 0 Å². The number of methoxy groups -OCH3 is 1. The summed E-state index contributed by atoms with van der Waals surface area (Å²) < 4.78 is 95.6. The van der Waals surface area contributed by atoms with Crippen molar-refractivity contribution < 1.29 is 39.9 Å². The van der Waals surface area contributed by atoms with E-state index in [9.17, 15) is 35.2 Å². The molecule has 1 atom stereocenters. The number of esters is 1. The second kappa shape index (κ2) is 11.1. The maximum Gasteiger partial charge on any atom is 0.421 e. The molecule has 3 rings (SSSR count). The van der Waals surface area contributed by atoms with Gasteiger partial charge in [-0.3, -0.25) is 0 Å². The molecular weight excluding hydrogens is 523 g/mol. The summed E-state index contributed by atoms with van der Waals surface area (Å²) in [7, 11) is -2.92. The maximum absolute atomic E-state index is 13.5. The number of nitrogens with zero attached hydrogens (tertiary/aromatic N) is 2. The summed E-state index contributed by atoms with van der Waals surface area (Å²) in [6.07, 6.45) is -6.73. The summed E-state index contributed by atoms with van der Waals surface area (Å²) in [5.74, 6) is -1.34. The van der Waals surface area contributed by atoms with Crippen LogP contribution < -0.4 is 10.6 Å². The van der Waals surface area contributed by atoms with Gasteiger partial charge in [-0.2, -0.15) is 18.2 Å². The number of ether oxygens (including phenoxy) is 1. The molecular formula is C23H21F5N4O4S. The predicted octanol–water partition coefficient (Wildman–Crippen LogP) is 4.99. The van der Waals surface area contributed by atoms with E-state index < -0.39 is 45.0 Å². The first kappa shape index (κ1) is 27.8. The third-order valence-electron chi connectivity index (χ3n) is 5.09. The molecule has 1 unspecified atom stereocenters. The van der Waals surface area contributed by atoms with E-state index in [0.29, 0.717) is 18.1 Å². The van der Waals surface area contributed by atoms with Gasteiger partial charge in [0.25, 0.3) is 6.43 Å². The van der Waals surface area contributed by atoms with Gasteiger partial charge in [0.2, 0.25) is 5.95 Å². The SMILES string of the molecule is COC(=O)c1ccc(Nc2ncc(C(F)(F)F)c(NCc3cccc(C(C(F)F)S(C)(=O)=O)c3)n2)cc1. The fourth-order valence-electron chi connectivity index (χ4n) is 3.37. The number of carbonyl (C=O) groups excluding carboxylic acids is 1. The number of alkyl halides is 5. The number of sulfone groups is 1. The Balaban J connectivity index is 1.85. The largest absolute Gasteiger partial charge is 0.465 e. The zero-order valence-corrected chi connectivity index (χ0v) is 20.2. The van der Waals surface area contributed by atoms with Crippen molar-refractivity contribution in [1.82, 2.24) is 9.97 Å². The van der Waals surface area contributed by atoms with Crippen LogP contribution in [0.15, 0.2) is 54.7 Å². The number of hydrogen-bond acceptors (Lipinski definition) is 8. The number of nitrogens with one attached hydrogen (secondary N) is 2. The fourth-order valence-corrected chi connectivity index (χ4v) is 4.38. The Hall–Kier alpha value is -3.81. The quantitative estimate of drug-likeness (QED) is 0.287. The van der Waals surface area contributed by atoms with Gasteiger partial charge < -0.3 is 15.4 Å². The molecule has 0 aliphatic rings. The van der Waals surface area contributed by atoms with Crippen LogP contribution >= 0.6 is 0 Å². The molecule has 198 valence electrons. The van der Waals surface area contributed by atoms with Crippen LogP contribution in [-0.4, -0.2) is 44.1 Å². The number of halogens is 5. The van der Waals surface area contributed by atoms with Crippen LogP contribution in [-0.2, 0) is 27.3 Å². The topological polar surface area (TPSA) is 110 Å². The Morgan fingerprint density at radius 3 is 2.35 bits per heavy atom. The summed E-state index contributed by atoms with van der Waals surface area (Å²) in [6.45, 7) is -0.277. The van der Waals surface area contributed by atoms with Crippen molar-refractivity contribution >= 4 is 33.3 Å². The number of rotatable bonds is 9. The molecule has 2 N–H and O–H groups in total. The van der Waals surface area contributed by atoms with E-state index in [1.165, 1.54) is 55.6 Å². The Morgan fingerprint density at radius 1 is 1.11 bits per heavy atom. The zero-order valence-electron chi connectivity index (χ0n) is 19.4. The Bertz CT molecular complexity index is 1370. The number of benzene rings is 2. The zero-order chi connectivity index (χ0) is 27.4. The van der Waals surface area contributed by atoms with Gasteiger partial charge in [0.15, 0.2) is 9.84 Å². The third-order valence-corrected chi connectivity index (χ3v) is 6.49. The van der Waals surface area contributed by atoms with Crippen LogP contribution in [0.1, 0.15) is 32.3 Å². The first-order chi connectivity index (χ1) is 17.3. The molecule has 0 spiro atoms. The average molecular weight is 545 g/mol. The van der Waals surface area contributed by atoms with Gasteiger partial charge in [0.05, 0.1) is 12.7 Å². The molecule has 0 saturated heterocycles. The van der Waals surface area contributed by atoms with E-state index >= 15 is 0 Å². The number of anilines is 3. The highest BCUT2D eigenvalue weighted by Gasteiger charge is 2.35. The average Bonchev–Trinajstić information content (AvgIpc) is 2.81. The molecule has 3 aromatic rings. The highest BCUT2D eigenvalue weighted by atomic mass is 32.2. The van der Waals surface area contributed by atoms with Crippen LogP contribution in [0.4, 0.5) is 39.4 Å². The molecule has 1 heterocycles. The van der Waals surface area contributed by atoms with Crippen LogP contribution in [0.2, 0.25) is 0 Å². The Kier molecular flexibility index (Phi) is 8.31. The van der Waals surface area contributed by atoms with Gasteiger partial charge in [-0.1, -0.05) is 24.3 Å². The molecule has 2 aromatic carbocycles. The second-order valence-corrected chi connectivity index (χ2v) is 10.00. The van der Waals surface area contributed by atoms with Crippen molar-refractivity contribution in [2.45, 2.75) is 24.4 Å². The van der Waals surface area contributed by atoms with Crippen LogP contribution in [0.5, 0.6) is 0 Å². The normalized spacial score (nSPS) is 12.8. The molecule has 0 aliphatic carbocycles. The minimum atomic E-state index is -4.80. The number of aromatic nitrogens is 2. The predicted molar refractivity (Wildman–Crippen MR) is 125 cm³/mol. The smallest absolute Gasteiger partial charge is 0.421 e. The molecule has 14 heteroatoms. The Morgan fingerprint density at radius 2 is 1.78 bits per heavy atom. The van der Waals surface area contributed by atoms with E-state index in [1.807, 2.05) is 0 Å². The summed E-state index contributed by atoms with van der Waals surface area (Å²) >= 11 is 0. The monoisotopic (exact) mass is 544 g/mol. The Labute approximate surface area is 208 Å². The second-order valence-electron chi connectivity index (χ2n) is 7.83. The molecule has 37 heavy (non-hydrogen) atoms. The lowest BCUT2D eigenvalue weighted by Gasteiger charge is -2.17. The highest BCUT2D eigenvalue weighted by molar-refractivity contribution is 7.91. The van der Waals surface area contributed by atoms with Gasteiger partial charge >= 0.3 is 12.1 Å². The molecule has 8 nitrogen and oxygen atoms in total. The standard InChI is InChI=1S/C23H21F5N4O4S/c1-36-21(33)14-6-8-16(9-7-14)31-22-30-12-17(23(26,27)28)20(32-22)29-11-13-4-3-5-15(10-13)18(19(24)25)37(2,34)35/h3-10,12,18-19H,11H2,1-2H3,(H2,29,30,31,32). The molecule has 1 aromatic heterocycles. The highest BCUT2D eigenvalue weighted by Crippen LogP contribution is 2.35. The van der Waals surface area contributed by atoms with Gasteiger partial charge in [-0.25, -0.2) is 27.0 Å². The first-order valence-electron chi connectivity index (χ1n) is 10.5. The minimum Gasteiger partial charge on any atom is -0.465 e. The van der Waals surface area contributed by atoms with E-state index in [0.717, 1.165) is 0 Å². The van der Waals surface area contributed by atoms with Crippen molar-refractivity contribution in [3.8, 4) is 0 Å². The molecule has 0 aliphatic heterocycles. The number of carbonyl (C=O) groups is 1. The van der Waals surface area contributed by atoms with Gasteiger partial charge in [-0.05, 0) is 35.4 Å². The van der Waals surface area contributed by atoms with E-state index in [1.54, 1.807) is 0 Å². The summed E-state index contributed by atoms with van der Waals surface area (Å²) in [5, 5.41) is 3.17. The molecule has 0 radical (unpaired) electrons. The van der Waals surface area contributed by atoms with Crippen molar-refractivity contribution in [1.29, 1.82) is 0 Å². The lowest BCUT2D eigenvalue weighted by molar-refractivity contribution is -0.137. The van der Waals surface area contributed by atoms with Gasteiger partial charge in [-0.15, -0.1) is 0 Å². The van der Waals surface area contributed by atoms with E-state index in [-0.39, 0.29) is 29.2 Å². The van der Waals surface area contributed by atoms with E-state index in [2.05, 4.69) is 25.3 Å².